The third-order valence-electron chi connectivity index (χ3n) is 6.27. The van der Waals surface area contributed by atoms with Crippen molar-refractivity contribution in [3.8, 4) is 28.7 Å². The highest BCUT2D eigenvalue weighted by atomic mass is 16.6. The van der Waals surface area contributed by atoms with E-state index in [0.717, 1.165) is 33.3 Å². The Morgan fingerprint density at radius 2 is 1.51 bits per heavy atom. The van der Waals surface area contributed by atoms with Gasteiger partial charge in [0.05, 0.1) is 26.8 Å². The number of rotatable bonds is 8. The maximum Gasteiger partial charge on any atom is 0.412 e. The van der Waals surface area contributed by atoms with E-state index in [4.69, 9.17) is 23.7 Å². The van der Waals surface area contributed by atoms with Crippen LogP contribution in [0, 0.1) is 13.8 Å². The van der Waals surface area contributed by atoms with Crippen LogP contribution >= 0.6 is 0 Å². The normalized spacial score (nSPS) is 11.5. The summed E-state index contributed by atoms with van der Waals surface area (Å²) >= 11 is 0. The zero-order chi connectivity index (χ0) is 26.5. The summed E-state index contributed by atoms with van der Waals surface area (Å²) in [4.78, 5) is 17.0. The number of carbonyl (C=O) groups is 1. The fourth-order valence-electron chi connectivity index (χ4n) is 3.94. The summed E-state index contributed by atoms with van der Waals surface area (Å²) in [6.45, 7) is 5.68. The first-order chi connectivity index (χ1) is 17.8. The lowest BCUT2D eigenvalue weighted by molar-refractivity contribution is 0.121. The molecule has 0 radical (unpaired) electrons. The highest BCUT2D eigenvalue weighted by molar-refractivity contribution is 5.89. The smallest absolute Gasteiger partial charge is 0.412 e. The van der Waals surface area contributed by atoms with Crippen LogP contribution in [-0.2, 0) is 4.74 Å². The van der Waals surface area contributed by atoms with Crippen LogP contribution in [0.5, 0.6) is 28.7 Å². The van der Waals surface area contributed by atoms with Crippen molar-refractivity contribution >= 4 is 22.7 Å². The molecule has 0 aliphatic heterocycles. The molecule has 0 bridgehead atoms. The fraction of sp³-hybridized carbons (Fsp3) is 0.241. The van der Waals surface area contributed by atoms with Crippen LogP contribution in [0.4, 0.5) is 10.5 Å². The van der Waals surface area contributed by atoms with Crippen molar-refractivity contribution in [3.05, 3.63) is 77.5 Å². The molecule has 0 aliphatic carbocycles. The predicted molar refractivity (Wildman–Crippen MR) is 142 cm³/mol. The second-order valence-electron chi connectivity index (χ2n) is 8.44. The van der Waals surface area contributed by atoms with Crippen molar-refractivity contribution in [1.82, 2.24) is 4.98 Å². The van der Waals surface area contributed by atoms with Crippen LogP contribution in [0.15, 0.2) is 60.8 Å². The number of hydrogen-bond acceptors (Lipinski definition) is 7. The molecule has 1 amide bonds. The van der Waals surface area contributed by atoms with Crippen molar-refractivity contribution in [2.24, 2.45) is 0 Å². The molecule has 4 aromatic rings. The number of methoxy groups -OCH3 is 3. The van der Waals surface area contributed by atoms with Crippen molar-refractivity contribution in [2.75, 3.05) is 26.6 Å². The Morgan fingerprint density at radius 1 is 0.811 bits per heavy atom. The molecule has 8 nitrogen and oxygen atoms in total. The van der Waals surface area contributed by atoms with Crippen LogP contribution in [0.1, 0.15) is 29.7 Å². The number of aromatic nitrogens is 1. The van der Waals surface area contributed by atoms with Gasteiger partial charge in [-0.25, -0.2) is 4.79 Å². The molecule has 37 heavy (non-hydrogen) atoms. The van der Waals surface area contributed by atoms with Gasteiger partial charge in [0.15, 0.2) is 11.5 Å². The summed E-state index contributed by atoms with van der Waals surface area (Å²) in [5.74, 6) is 3.21. The summed E-state index contributed by atoms with van der Waals surface area (Å²) in [5.41, 5.74) is 3.97. The van der Waals surface area contributed by atoms with Gasteiger partial charge in [0.1, 0.15) is 23.4 Å². The van der Waals surface area contributed by atoms with E-state index >= 15 is 0 Å². The van der Waals surface area contributed by atoms with Gasteiger partial charge < -0.3 is 23.7 Å². The zero-order valence-electron chi connectivity index (χ0n) is 21.7. The van der Waals surface area contributed by atoms with Crippen LogP contribution < -0.4 is 24.3 Å². The topological polar surface area (TPSA) is 88.1 Å². The number of amides is 1. The summed E-state index contributed by atoms with van der Waals surface area (Å²) in [5, 5.41) is 3.63. The Kier molecular flexibility index (Phi) is 7.67. The van der Waals surface area contributed by atoms with Gasteiger partial charge in [-0.15, -0.1) is 0 Å². The minimum absolute atomic E-state index is 0.425. The standard InChI is InChI=1S/C29H30N2O6/c1-17-18(2)25(37-26-13-14-30-24-16-28(35-6)27(34-5)15-22(24)26)12-11-23(17)31-29(32)36-19(3)20-7-9-21(33-4)10-8-20/h7-16,19H,1-6H3,(H,31,32). The van der Waals surface area contributed by atoms with Crippen LogP contribution in [-0.4, -0.2) is 32.4 Å². The molecule has 0 fully saturated rings. The minimum atomic E-state index is -0.541. The molecule has 0 saturated heterocycles. The van der Waals surface area contributed by atoms with Gasteiger partial charge in [0, 0.05) is 23.3 Å². The van der Waals surface area contributed by atoms with E-state index in [-0.39, 0.29) is 0 Å². The third-order valence-corrected chi connectivity index (χ3v) is 6.27. The molecule has 1 atom stereocenters. The maximum atomic E-state index is 12.6. The monoisotopic (exact) mass is 502 g/mol. The number of nitrogens with one attached hydrogen (secondary N) is 1. The average molecular weight is 503 g/mol. The molecule has 0 aliphatic rings. The van der Waals surface area contributed by atoms with Crippen LogP contribution in [0.3, 0.4) is 0 Å². The first-order valence-electron chi connectivity index (χ1n) is 11.7. The molecule has 0 saturated carbocycles. The molecule has 1 aromatic heterocycles. The first kappa shape index (κ1) is 25.6. The van der Waals surface area contributed by atoms with Gasteiger partial charge in [-0.2, -0.15) is 0 Å². The van der Waals surface area contributed by atoms with Gasteiger partial charge in [0.2, 0.25) is 0 Å². The first-order valence-corrected chi connectivity index (χ1v) is 11.7. The van der Waals surface area contributed by atoms with E-state index in [1.165, 1.54) is 0 Å². The summed E-state index contributed by atoms with van der Waals surface area (Å²) in [7, 11) is 4.78. The molecule has 8 heteroatoms. The Labute approximate surface area is 216 Å². The van der Waals surface area contributed by atoms with Crippen molar-refractivity contribution in [2.45, 2.75) is 26.9 Å². The molecular formula is C29H30N2O6. The Balaban J connectivity index is 1.51. The Bertz CT molecular complexity index is 1420. The van der Waals surface area contributed by atoms with Crippen molar-refractivity contribution in [3.63, 3.8) is 0 Å². The molecule has 1 unspecified atom stereocenters. The quantitative estimate of drug-likeness (QED) is 0.278. The van der Waals surface area contributed by atoms with E-state index in [9.17, 15) is 4.79 Å². The molecule has 192 valence electrons. The fourth-order valence-corrected chi connectivity index (χ4v) is 3.94. The summed E-state index contributed by atoms with van der Waals surface area (Å²) in [6, 6.07) is 16.5. The second-order valence-corrected chi connectivity index (χ2v) is 8.44. The second kappa shape index (κ2) is 11.1. The molecular weight excluding hydrogens is 472 g/mol. The summed E-state index contributed by atoms with van der Waals surface area (Å²) in [6.07, 6.45) is 0.716. The number of ether oxygens (including phenoxy) is 5. The number of pyridine rings is 1. The maximum absolute atomic E-state index is 12.6. The Hall–Kier alpha value is -4.46. The lowest BCUT2D eigenvalue weighted by Crippen LogP contribution is -2.17. The van der Waals surface area contributed by atoms with Crippen molar-refractivity contribution in [1.29, 1.82) is 0 Å². The van der Waals surface area contributed by atoms with Gasteiger partial charge in [0.25, 0.3) is 0 Å². The van der Waals surface area contributed by atoms with Gasteiger partial charge in [-0.3, -0.25) is 10.3 Å². The number of nitrogens with zero attached hydrogens (tertiary/aromatic N) is 1. The van der Waals surface area contributed by atoms with E-state index in [1.807, 2.05) is 63.2 Å². The highest BCUT2D eigenvalue weighted by Crippen LogP contribution is 2.38. The number of carbonyl (C=O) groups excluding carboxylic acids is 1. The highest BCUT2D eigenvalue weighted by Gasteiger charge is 2.16. The number of fused-ring (bicyclic) bond motifs is 1. The largest absolute Gasteiger partial charge is 0.497 e. The van der Waals surface area contributed by atoms with Crippen LogP contribution in [0.2, 0.25) is 0 Å². The van der Waals surface area contributed by atoms with Crippen molar-refractivity contribution < 1.29 is 28.5 Å². The van der Waals surface area contributed by atoms with E-state index < -0.39 is 12.2 Å². The number of anilines is 1. The SMILES string of the molecule is COc1ccc(C(C)OC(=O)Nc2ccc(Oc3ccnc4cc(OC)c(OC)cc34)c(C)c2C)cc1. The lowest BCUT2D eigenvalue weighted by Gasteiger charge is -2.18. The summed E-state index contributed by atoms with van der Waals surface area (Å²) < 4.78 is 27.9. The van der Waals surface area contributed by atoms with Crippen LogP contribution in [0.25, 0.3) is 10.9 Å². The van der Waals surface area contributed by atoms with Gasteiger partial charge >= 0.3 is 6.09 Å². The molecule has 0 spiro atoms. The Morgan fingerprint density at radius 3 is 2.19 bits per heavy atom. The van der Waals surface area contributed by atoms with Gasteiger partial charge in [-0.1, -0.05) is 12.1 Å². The molecule has 1 heterocycles. The number of hydrogen-bond donors (Lipinski definition) is 1. The van der Waals surface area contributed by atoms with E-state index in [0.29, 0.717) is 28.7 Å². The predicted octanol–water partition coefficient (Wildman–Crippen LogP) is 6.98. The number of benzene rings is 3. The average Bonchev–Trinajstić information content (AvgIpc) is 2.92. The molecule has 3 aromatic carbocycles. The minimum Gasteiger partial charge on any atom is -0.497 e. The third kappa shape index (κ3) is 5.53. The van der Waals surface area contributed by atoms with E-state index in [2.05, 4.69) is 10.3 Å². The lowest BCUT2D eigenvalue weighted by atomic mass is 10.1. The van der Waals surface area contributed by atoms with E-state index in [1.54, 1.807) is 39.7 Å². The molecule has 4 rings (SSSR count). The zero-order valence-corrected chi connectivity index (χ0v) is 21.7. The van der Waals surface area contributed by atoms with Gasteiger partial charge in [-0.05, 0) is 73.9 Å². The molecule has 1 N–H and O–H groups in total.